The molecule has 1 aliphatic heterocycles. The highest BCUT2D eigenvalue weighted by atomic mass is 19.1. The first-order valence-corrected chi connectivity index (χ1v) is 11.6. The fraction of sp³-hybridized carbons (Fsp3) is 0.259. The van der Waals surface area contributed by atoms with Crippen LogP contribution in [0.15, 0.2) is 82.5 Å². The number of benzene rings is 1. The normalized spacial score (nSPS) is 15.3. The standard InChI is InChI=1S/C27H27FN4O3/c1-19-16-24(33)25(27(34)32(19)18-21-7-5-15-35-21)26(20-6-4-10-29-17-20)31-13-11-30(12-14-31)23-9-3-2-8-22(23)28/h2-10,15-17,26,33H,11-14,18H2,1H3/t26-/m0/s1. The average molecular weight is 475 g/mol. The Morgan fingerprint density at radius 1 is 1.09 bits per heavy atom. The van der Waals surface area contributed by atoms with Crippen LogP contribution in [0.4, 0.5) is 10.1 Å². The minimum atomic E-state index is -0.498. The molecule has 180 valence electrons. The van der Waals surface area contributed by atoms with Gasteiger partial charge in [-0.1, -0.05) is 18.2 Å². The van der Waals surface area contributed by atoms with E-state index < -0.39 is 6.04 Å². The van der Waals surface area contributed by atoms with Crippen molar-refractivity contribution in [1.29, 1.82) is 0 Å². The van der Waals surface area contributed by atoms with E-state index in [0.29, 0.717) is 48.9 Å². The van der Waals surface area contributed by atoms with Crippen LogP contribution in [0.1, 0.15) is 28.6 Å². The molecule has 8 heteroatoms. The number of anilines is 1. The predicted octanol–water partition coefficient (Wildman–Crippen LogP) is 3.95. The summed E-state index contributed by atoms with van der Waals surface area (Å²) in [5, 5.41) is 11.0. The van der Waals surface area contributed by atoms with Crippen LogP contribution >= 0.6 is 0 Å². The Morgan fingerprint density at radius 3 is 2.57 bits per heavy atom. The lowest BCUT2D eigenvalue weighted by atomic mass is 9.97. The van der Waals surface area contributed by atoms with Crippen molar-refractivity contribution in [1.82, 2.24) is 14.5 Å². The third-order valence-corrected chi connectivity index (χ3v) is 6.56. The van der Waals surface area contributed by atoms with Gasteiger partial charge in [0.1, 0.15) is 17.3 Å². The van der Waals surface area contributed by atoms with Crippen LogP contribution in [0.5, 0.6) is 5.75 Å². The van der Waals surface area contributed by atoms with Gasteiger partial charge < -0.3 is 19.0 Å². The largest absolute Gasteiger partial charge is 0.507 e. The van der Waals surface area contributed by atoms with Crippen LogP contribution in [0, 0.1) is 12.7 Å². The Morgan fingerprint density at radius 2 is 1.89 bits per heavy atom. The van der Waals surface area contributed by atoms with Gasteiger partial charge in [-0.25, -0.2) is 4.39 Å². The summed E-state index contributed by atoms with van der Waals surface area (Å²) >= 11 is 0. The number of pyridine rings is 2. The summed E-state index contributed by atoms with van der Waals surface area (Å²) in [7, 11) is 0. The maximum Gasteiger partial charge on any atom is 0.260 e. The Balaban J connectivity index is 1.52. The fourth-order valence-electron chi connectivity index (χ4n) is 4.81. The molecule has 0 radical (unpaired) electrons. The van der Waals surface area contributed by atoms with Gasteiger partial charge >= 0.3 is 0 Å². The molecule has 3 aromatic heterocycles. The molecule has 7 nitrogen and oxygen atoms in total. The quantitative estimate of drug-likeness (QED) is 0.456. The van der Waals surface area contributed by atoms with Gasteiger partial charge in [-0.05, 0) is 48.9 Å². The van der Waals surface area contributed by atoms with Gasteiger partial charge in [-0.2, -0.15) is 0 Å². The molecule has 1 N–H and O–H groups in total. The molecular formula is C27H27FN4O3. The van der Waals surface area contributed by atoms with Crippen LogP contribution in [0.25, 0.3) is 0 Å². The Hall–Kier alpha value is -3.91. The first kappa shape index (κ1) is 22.9. The zero-order valence-electron chi connectivity index (χ0n) is 19.5. The molecule has 4 aromatic rings. The first-order chi connectivity index (χ1) is 17.0. The molecule has 5 rings (SSSR count). The van der Waals surface area contributed by atoms with E-state index in [1.807, 2.05) is 29.2 Å². The van der Waals surface area contributed by atoms with Gasteiger partial charge in [0, 0.05) is 44.3 Å². The molecule has 0 amide bonds. The Bertz CT molecular complexity index is 1350. The molecule has 0 saturated carbocycles. The maximum atomic E-state index is 14.4. The summed E-state index contributed by atoms with van der Waals surface area (Å²) in [6, 6.07) is 15.2. The van der Waals surface area contributed by atoms with E-state index in [9.17, 15) is 14.3 Å². The van der Waals surface area contributed by atoms with Gasteiger partial charge in [-0.3, -0.25) is 14.7 Å². The summed E-state index contributed by atoms with van der Waals surface area (Å²) in [6.07, 6.45) is 4.98. The summed E-state index contributed by atoms with van der Waals surface area (Å²) in [6.45, 7) is 4.40. The Kier molecular flexibility index (Phi) is 6.37. The zero-order valence-corrected chi connectivity index (χ0v) is 19.5. The van der Waals surface area contributed by atoms with E-state index in [1.54, 1.807) is 54.4 Å². The smallest absolute Gasteiger partial charge is 0.260 e. The number of aromatic nitrogens is 2. The highest BCUT2D eigenvalue weighted by molar-refractivity contribution is 5.48. The first-order valence-electron chi connectivity index (χ1n) is 11.6. The van der Waals surface area contributed by atoms with Crippen molar-refractivity contribution in [3.8, 4) is 5.75 Å². The summed E-state index contributed by atoms with van der Waals surface area (Å²) < 4.78 is 21.4. The van der Waals surface area contributed by atoms with Crippen LogP contribution in [0.3, 0.4) is 0 Å². The molecular weight excluding hydrogens is 447 g/mol. The van der Waals surface area contributed by atoms with Crippen LogP contribution in [0.2, 0.25) is 0 Å². The van der Waals surface area contributed by atoms with Gasteiger partial charge in [0.05, 0.1) is 30.1 Å². The molecule has 1 atom stereocenters. The molecule has 0 bridgehead atoms. The number of aryl methyl sites for hydroxylation is 1. The second kappa shape index (κ2) is 9.76. The van der Waals surface area contributed by atoms with Gasteiger partial charge in [0.15, 0.2) is 0 Å². The van der Waals surface area contributed by atoms with Gasteiger partial charge in [0.2, 0.25) is 0 Å². The third-order valence-electron chi connectivity index (χ3n) is 6.56. The third kappa shape index (κ3) is 4.57. The van der Waals surface area contributed by atoms with Crippen molar-refractivity contribution in [3.05, 3.63) is 112 Å². The van der Waals surface area contributed by atoms with E-state index >= 15 is 0 Å². The van der Waals surface area contributed by atoms with Crippen molar-refractivity contribution < 1.29 is 13.9 Å². The van der Waals surface area contributed by atoms with Crippen LogP contribution < -0.4 is 10.5 Å². The molecule has 1 aliphatic rings. The zero-order chi connectivity index (χ0) is 24.4. The SMILES string of the molecule is Cc1cc(O)c([C@H](c2cccnc2)N2CCN(c3ccccc3F)CC2)c(=O)n1Cc1ccco1. The summed E-state index contributed by atoms with van der Waals surface area (Å²) in [5.74, 6) is 0.360. The monoisotopic (exact) mass is 474 g/mol. The van der Waals surface area contributed by atoms with Gasteiger partial charge in [0.25, 0.3) is 5.56 Å². The molecule has 0 spiro atoms. The lowest BCUT2D eigenvalue weighted by molar-refractivity contribution is 0.206. The molecule has 1 aromatic carbocycles. The average Bonchev–Trinajstić information content (AvgIpc) is 3.39. The van der Waals surface area contributed by atoms with E-state index in [2.05, 4.69) is 9.88 Å². The number of halogens is 1. The van der Waals surface area contributed by atoms with Gasteiger partial charge in [-0.15, -0.1) is 0 Å². The fourth-order valence-corrected chi connectivity index (χ4v) is 4.81. The molecule has 0 unspecified atom stereocenters. The lowest BCUT2D eigenvalue weighted by Gasteiger charge is -2.40. The number of para-hydroxylation sites is 1. The maximum absolute atomic E-state index is 14.4. The minimum absolute atomic E-state index is 0.0476. The van der Waals surface area contributed by atoms with Crippen LogP contribution in [-0.4, -0.2) is 45.7 Å². The number of rotatable bonds is 6. The number of nitrogens with zero attached hydrogens (tertiary/aromatic N) is 4. The van der Waals surface area contributed by atoms with Crippen molar-refractivity contribution in [2.75, 3.05) is 31.1 Å². The van der Waals surface area contributed by atoms with Crippen molar-refractivity contribution in [3.63, 3.8) is 0 Å². The number of furan rings is 1. The second-order valence-corrected chi connectivity index (χ2v) is 8.72. The highest BCUT2D eigenvalue weighted by Gasteiger charge is 2.32. The van der Waals surface area contributed by atoms with E-state index in [-0.39, 0.29) is 23.7 Å². The summed E-state index contributed by atoms with van der Waals surface area (Å²) in [5.41, 5.74) is 2.05. The number of hydrogen-bond acceptors (Lipinski definition) is 6. The van der Waals surface area contributed by atoms with Crippen molar-refractivity contribution >= 4 is 5.69 Å². The summed E-state index contributed by atoms with van der Waals surface area (Å²) in [4.78, 5) is 22.2. The van der Waals surface area contributed by atoms with E-state index in [0.717, 1.165) is 5.56 Å². The van der Waals surface area contributed by atoms with E-state index in [4.69, 9.17) is 4.42 Å². The van der Waals surface area contributed by atoms with Crippen molar-refractivity contribution in [2.45, 2.75) is 19.5 Å². The molecule has 35 heavy (non-hydrogen) atoms. The number of hydrogen-bond donors (Lipinski definition) is 1. The second-order valence-electron chi connectivity index (χ2n) is 8.72. The highest BCUT2D eigenvalue weighted by Crippen LogP contribution is 2.33. The number of piperazine rings is 1. The topological polar surface area (TPSA) is 74.7 Å². The van der Waals surface area contributed by atoms with E-state index in [1.165, 1.54) is 6.07 Å². The molecule has 4 heterocycles. The predicted molar refractivity (Wildman–Crippen MR) is 131 cm³/mol. The van der Waals surface area contributed by atoms with Crippen LogP contribution in [-0.2, 0) is 6.54 Å². The van der Waals surface area contributed by atoms with Crippen molar-refractivity contribution in [2.24, 2.45) is 0 Å². The number of aromatic hydroxyl groups is 1. The lowest BCUT2D eigenvalue weighted by Crippen LogP contribution is -2.49. The minimum Gasteiger partial charge on any atom is -0.507 e. The molecule has 1 fully saturated rings. The molecule has 0 aliphatic carbocycles. The Labute approximate surface area is 202 Å². The molecule has 1 saturated heterocycles.